The van der Waals surface area contributed by atoms with Crippen LogP contribution in [0.15, 0.2) is 18.5 Å². The maximum absolute atomic E-state index is 9.19. The SMILES string of the molecule is C=C(C)CCc1nc(N)c2[nH]cnc2n1.CS(=O)(=O)O. The Kier molecular flexibility index (Phi) is 5.17. The van der Waals surface area contributed by atoms with E-state index in [0.29, 0.717) is 23.2 Å². The number of allylic oxidation sites excluding steroid dienone is 1. The molecule has 20 heavy (non-hydrogen) atoms. The number of hydrogen-bond donors (Lipinski definition) is 3. The van der Waals surface area contributed by atoms with Crippen LogP contribution >= 0.6 is 0 Å². The zero-order valence-corrected chi connectivity index (χ0v) is 12.1. The van der Waals surface area contributed by atoms with Gasteiger partial charge in [0.15, 0.2) is 11.5 Å². The summed E-state index contributed by atoms with van der Waals surface area (Å²) in [6.07, 6.45) is 3.91. The van der Waals surface area contributed by atoms with Crippen molar-refractivity contribution in [3.63, 3.8) is 0 Å². The second-order valence-corrected chi connectivity index (χ2v) is 5.78. The Hall–Kier alpha value is -2.00. The van der Waals surface area contributed by atoms with Crippen LogP contribution in [0.3, 0.4) is 0 Å². The summed E-state index contributed by atoms with van der Waals surface area (Å²) in [7, 11) is -3.67. The van der Waals surface area contributed by atoms with Gasteiger partial charge in [0.2, 0.25) is 0 Å². The van der Waals surface area contributed by atoms with Crippen LogP contribution in [0.5, 0.6) is 0 Å². The summed E-state index contributed by atoms with van der Waals surface area (Å²) < 4.78 is 25.9. The number of anilines is 1. The third-order valence-corrected chi connectivity index (χ3v) is 2.14. The monoisotopic (exact) mass is 299 g/mol. The first-order valence-corrected chi connectivity index (χ1v) is 7.54. The van der Waals surface area contributed by atoms with Gasteiger partial charge in [0, 0.05) is 6.42 Å². The zero-order chi connectivity index (χ0) is 15.3. The average molecular weight is 299 g/mol. The summed E-state index contributed by atoms with van der Waals surface area (Å²) >= 11 is 0. The van der Waals surface area contributed by atoms with E-state index in [1.54, 1.807) is 6.33 Å². The van der Waals surface area contributed by atoms with Crippen LogP contribution in [0, 0.1) is 0 Å². The Labute approximate surface area is 116 Å². The number of nitrogens with one attached hydrogen (secondary N) is 1. The number of aryl methyl sites for hydroxylation is 1. The van der Waals surface area contributed by atoms with Gasteiger partial charge in [-0.3, -0.25) is 4.55 Å². The van der Waals surface area contributed by atoms with Gasteiger partial charge in [0.25, 0.3) is 10.1 Å². The molecule has 0 saturated heterocycles. The second-order valence-electron chi connectivity index (χ2n) is 4.32. The minimum atomic E-state index is -3.67. The van der Waals surface area contributed by atoms with Crippen molar-refractivity contribution in [1.82, 2.24) is 19.9 Å². The third kappa shape index (κ3) is 5.76. The van der Waals surface area contributed by atoms with E-state index in [2.05, 4.69) is 26.5 Å². The molecule has 9 heteroatoms. The number of imidazole rings is 1. The predicted molar refractivity (Wildman–Crippen MR) is 76.7 cm³/mol. The lowest BCUT2D eigenvalue weighted by Gasteiger charge is -2.01. The second kappa shape index (κ2) is 6.44. The maximum atomic E-state index is 9.19. The number of nitrogens with zero attached hydrogens (tertiary/aromatic N) is 3. The summed E-state index contributed by atoms with van der Waals surface area (Å²) in [6.45, 7) is 5.82. The topological polar surface area (TPSA) is 135 Å². The highest BCUT2D eigenvalue weighted by Gasteiger charge is 2.06. The summed E-state index contributed by atoms with van der Waals surface area (Å²) in [5.41, 5.74) is 8.20. The van der Waals surface area contributed by atoms with Gasteiger partial charge in [-0.05, 0) is 13.3 Å². The van der Waals surface area contributed by atoms with Crippen LogP contribution in [-0.4, -0.2) is 39.2 Å². The molecule has 0 spiro atoms. The Morgan fingerprint density at radius 3 is 2.65 bits per heavy atom. The molecule has 0 aliphatic rings. The standard InChI is InChI=1S/C10H13N5.CH4O3S/c1-6(2)3-4-7-14-9(11)8-10(15-7)13-5-12-8;1-5(2,3)4/h5H,1,3-4H2,2H3,(H3,11,12,13,14,15);1H3,(H,2,3,4). The molecule has 0 aliphatic heterocycles. The quantitative estimate of drug-likeness (QED) is 0.567. The maximum Gasteiger partial charge on any atom is 0.261 e. The van der Waals surface area contributed by atoms with Crippen molar-refractivity contribution in [3.8, 4) is 0 Å². The highest BCUT2D eigenvalue weighted by molar-refractivity contribution is 7.85. The molecule has 8 nitrogen and oxygen atoms in total. The molecule has 0 aromatic carbocycles. The summed E-state index contributed by atoms with van der Waals surface area (Å²) in [5.74, 6) is 1.17. The van der Waals surface area contributed by atoms with Gasteiger partial charge in [-0.25, -0.2) is 15.0 Å². The Bertz CT molecular complexity index is 700. The predicted octanol–water partition coefficient (Wildman–Crippen LogP) is 0.948. The van der Waals surface area contributed by atoms with Crippen LogP contribution < -0.4 is 5.73 Å². The Balaban J connectivity index is 0.000000347. The molecule has 0 aliphatic carbocycles. The van der Waals surface area contributed by atoms with Crippen molar-refractivity contribution in [1.29, 1.82) is 0 Å². The average Bonchev–Trinajstić information content (AvgIpc) is 2.72. The largest absolute Gasteiger partial charge is 0.382 e. The summed E-state index contributed by atoms with van der Waals surface area (Å²) in [5, 5.41) is 0. The molecule has 0 saturated carbocycles. The van der Waals surface area contributed by atoms with Crippen LogP contribution in [0.2, 0.25) is 0 Å². The number of aromatic amines is 1. The van der Waals surface area contributed by atoms with E-state index in [4.69, 9.17) is 10.3 Å². The molecule has 2 heterocycles. The van der Waals surface area contributed by atoms with E-state index in [1.807, 2.05) is 6.92 Å². The molecule has 4 N–H and O–H groups in total. The number of H-pyrrole nitrogens is 1. The minimum Gasteiger partial charge on any atom is -0.382 e. The first-order chi connectivity index (χ1) is 9.16. The van der Waals surface area contributed by atoms with E-state index in [-0.39, 0.29) is 0 Å². The van der Waals surface area contributed by atoms with Crippen molar-refractivity contribution >= 4 is 27.1 Å². The van der Waals surface area contributed by atoms with Crippen molar-refractivity contribution < 1.29 is 13.0 Å². The van der Waals surface area contributed by atoms with Gasteiger partial charge in [-0.2, -0.15) is 8.42 Å². The van der Waals surface area contributed by atoms with Gasteiger partial charge in [0.1, 0.15) is 11.3 Å². The number of fused-ring (bicyclic) bond motifs is 1. The van der Waals surface area contributed by atoms with Crippen LogP contribution in [0.25, 0.3) is 11.2 Å². The van der Waals surface area contributed by atoms with Crippen LogP contribution in [0.4, 0.5) is 5.82 Å². The summed E-state index contributed by atoms with van der Waals surface area (Å²) in [6, 6.07) is 0. The van der Waals surface area contributed by atoms with E-state index in [0.717, 1.165) is 24.2 Å². The highest BCUT2D eigenvalue weighted by atomic mass is 32.2. The fraction of sp³-hybridized carbons (Fsp3) is 0.364. The molecular formula is C11H17N5O3S. The molecule has 0 unspecified atom stereocenters. The number of nitrogens with two attached hydrogens (primary N) is 1. The lowest BCUT2D eigenvalue weighted by Crippen LogP contribution is -2.01. The molecule has 2 rings (SSSR count). The third-order valence-electron chi connectivity index (χ3n) is 2.14. The lowest BCUT2D eigenvalue weighted by molar-refractivity contribution is 0.490. The van der Waals surface area contributed by atoms with Gasteiger partial charge in [-0.1, -0.05) is 5.57 Å². The molecule has 0 radical (unpaired) electrons. The number of hydrogen-bond acceptors (Lipinski definition) is 6. The fourth-order valence-electron chi connectivity index (χ4n) is 1.34. The van der Waals surface area contributed by atoms with Gasteiger partial charge < -0.3 is 10.7 Å². The molecule has 0 amide bonds. The Morgan fingerprint density at radius 1 is 1.50 bits per heavy atom. The molecular weight excluding hydrogens is 282 g/mol. The normalized spacial score (nSPS) is 10.9. The van der Waals surface area contributed by atoms with Gasteiger partial charge in [0.05, 0.1) is 12.6 Å². The Morgan fingerprint density at radius 2 is 2.10 bits per heavy atom. The van der Waals surface area contributed by atoms with Gasteiger partial charge in [-0.15, -0.1) is 6.58 Å². The number of aromatic nitrogens is 4. The smallest absolute Gasteiger partial charge is 0.261 e. The zero-order valence-electron chi connectivity index (χ0n) is 11.3. The fourth-order valence-corrected chi connectivity index (χ4v) is 1.34. The molecule has 2 aromatic rings. The molecule has 110 valence electrons. The first-order valence-electron chi connectivity index (χ1n) is 5.69. The van der Waals surface area contributed by atoms with Crippen LogP contribution in [0.1, 0.15) is 19.2 Å². The van der Waals surface area contributed by atoms with E-state index < -0.39 is 10.1 Å². The molecule has 0 atom stereocenters. The van der Waals surface area contributed by atoms with E-state index in [1.165, 1.54) is 0 Å². The highest BCUT2D eigenvalue weighted by Crippen LogP contribution is 2.14. The molecule has 0 bridgehead atoms. The lowest BCUT2D eigenvalue weighted by atomic mass is 10.2. The minimum absolute atomic E-state index is 0.453. The van der Waals surface area contributed by atoms with Crippen LogP contribution in [-0.2, 0) is 16.5 Å². The van der Waals surface area contributed by atoms with E-state index in [9.17, 15) is 8.42 Å². The van der Waals surface area contributed by atoms with Crippen molar-refractivity contribution in [2.45, 2.75) is 19.8 Å². The van der Waals surface area contributed by atoms with E-state index >= 15 is 0 Å². The first kappa shape index (κ1) is 16.1. The van der Waals surface area contributed by atoms with Crippen molar-refractivity contribution in [2.24, 2.45) is 0 Å². The molecule has 2 aromatic heterocycles. The van der Waals surface area contributed by atoms with Gasteiger partial charge >= 0.3 is 0 Å². The number of rotatable bonds is 3. The summed E-state index contributed by atoms with van der Waals surface area (Å²) in [4.78, 5) is 15.5. The van der Waals surface area contributed by atoms with Crippen molar-refractivity contribution in [3.05, 3.63) is 24.3 Å². The molecule has 0 fully saturated rings. The van der Waals surface area contributed by atoms with Crippen molar-refractivity contribution in [2.75, 3.05) is 12.0 Å². The number of nitrogen functional groups attached to an aromatic ring is 1.